The number of imide groups is 1. The minimum absolute atomic E-state index is 0.222. The Kier molecular flexibility index (Phi) is 3.14. The number of hydrogen-bond acceptors (Lipinski definition) is 4. The van der Waals surface area contributed by atoms with Crippen LogP contribution in [0.5, 0.6) is 0 Å². The van der Waals surface area contributed by atoms with E-state index in [9.17, 15) is 9.59 Å². The Bertz CT molecular complexity index is 492. The maximum absolute atomic E-state index is 11.8. The lowest BCUT2D eigenvalue weighted by atomic mass is 9.97. The van der Waals surface area contributed by atoms with Crippen LogP contribution in [0.1, 0.15) is 35.8 Å². The summed E-state index contributed by atoms with van der Waals surface area (Å²) in [4.78, 5) is 30.8. The average molecular weight is 267 g/mol. The number of aromatic nitrogens is 1. The van der Waals surface area contributed by atoms with Crippen molar-refractivity contribution in [3.63, 3.8) is 0 Å². The van der Waals surface area contributed by atoms with Gasteiger partial charge in [-0.15, -0.1) is 11.3 Å². The second-order valence-electron chi connectivity index (χ2n) is 4.72. The summed E-state index contributed by atoms with van der Waals surface area (Å²) in [5.74, 6) is -0.222. The first-order valence-corrected chi connectivity index (χ1v) is 6.76. The number of rotatable bonds is 3. The summed E-state index contributed by atoms with van der Waals surface area (Å²) in [6, 6.07) is -0.324. The average Bonchev–Trinajstić information content (AvgIpc) is 2.73. The minimum Gasteiger partial charge on any atom is -0.303 e. The van der Waals surface area contributed by atoms with E-state index in [-0.39, 0.29) is 11.9 Å². The molecule has 0 aromatic carbocycles. The summed E-state index contributed by atoms with van der Waals surface area (Å²) >= 11 is 1.57. The molecule has 2 heterocycles. The molecule has 0 spiro atoms. The van der Waals surface area contributed by atoms with Crippen LogP contribution in [0, 0.1) is 13.8 Å². The zero-order chi connectivity index (χ0) is 13.5. The van der Waals surface area contributed by atoms with E-state index in [4.69, 9.17) is 0 Å². The molecule has 98 valence electrons. The Morgan fingerprint density at radius 3 is 2.56 bits per heavy atom. The molecule has 1 aromatic rings. The zero-order valence-electron chi connectivity index (χ0n) is 11.0. The van der Waals surface area contributed by atoms with Gasteiger partial charge in [0.25, 0.3) is 5.91 Å². The second kappa shape index (κ2) is 4.35. The van der Waals surface area contributed by atoms with Crippen LogP contribution >= 0.6 is 11.3 Å². The van der Waals surface area contributed by atoms with Gasteiger partial charge in [0, 0.05) is 4.88 Å². The lowest BCUT2D eigenvalue weighted by molar-refractivity contribution is -0.126. The van der Waals surface area contributed by atoms with Gasteiger partial charge in [0.15, 0.2) is 0 Å². The molecule has 5 nitrogen and oxygen atoms in total. The van der Waals surface area contributed by atoms with Crippen LogP contribution in [0.15, 0.2) is 0 Å². The fourth-order valence-electron chi connectivity index (χ4n) is 1.99. The number of amides is 3. The van der Waals surface area contributed by atoms with Crippen LogP contribution in [0.2, 0.25) is 0 Å². The minimum atomic E-state index is -0.759. The molecule has 1 aliphatic rings. The van der Waals surface area contributed by atoms with Crippen molar-refractivity contribution in [1.82, 2.24) is 15.2 Å². The van der Waals surface area contributed by atoms with E-state index in [0.29, 0.717) is 13.0 Å². The molecule has 6 heteroatoms. The third-order valence-corrected chi connectivity index (χ3v) is 4.66. The van der Waals surface area contributed by atoms with Gasteiger partial charge in [0.1, 0.15) is 10.5 Å². The van der Waals surface area contributed by atoms with Crippen LogP contribution in [0.4, 0.5) is 4.79 Å². The van der Waals surface area contributed by atoms with Gasteiger partial charge in [0.2, 0.25) is 0 Å². The number of hydrogen-bond donors (Lipinski definition) is 1. The molecule has 0 aliphatic carbocycles. The molecule has 1 aromatic heterocycles. The molecule has 0 radical (unpaired) electrons. The van der Waals surface area contributed by atoms with Crippen molar-refractivity contribution in [2.45, 2.75) is 46.2 Å². The van der Waals surface area contributed by atoms with Gasteiger partial charge >= 0.3 is 6.03 Å². The maximum atomic E-state index is 11.8. The highest BCUT2D eigenvalue weighted by Crippen LogP contribution is 2.28. The summed E-state index contributed by atoms with van der Waals surface area (Å²) < 4.78 is 0. The van der Waals surface area contributed by atoms with E-state index < -0.39 is 5.54 Å². The first-order valence-electron chi connectivity index (χ1n) is 5.94. The van der Waals surface area contributed by atoms with Gasteiger partial charge in [-0.25, -0.2) is 9.78 Å². The number of urea groups is 1. The molecule has 1 aliphatic heterocycles. The highest BCUT2D eigenvalue weighted by molar-refractivity contribution is 7.11. The topological polar surface area (TPSA) is 62.3 Å². The summed E-state index contributed by atoms with van der Waals surface area (Å²) in [5.41, 5.74) is 0.226. The molecule has 1 N–H and O–H groups in total. The molecular formula is C12H17N3O2S. The van der Waals surface area contributed by atoms with Gasteiger partial charge in [0.05, 0.1) is 12.2 Å². The molecule has 1 saturated heterocycles. The first-order chi connectivity index (χ1) is 8.38. The lowest BCUT2D eigenvalue weighted by Gasteiger charge is -2.29. The molecule has 2 rings (SSSR count). The summed E-state index contributed by atoms with van der Waals surface area (Å²) in [6.07, 6.45) is 0.591. The number of nitrogens with one attached hydrogen (secondary N) is 1. The highest BCUT2D eigenvalue weighted by Gasteiger charge is 2.48. The number of thiazole rings is 1. The number of aryl methyl sites for hydroxylation is 2. The number of carbonyl (C=O) groups is 2. The van der Waals surface area contributed by atoms with Crippen molar-refractivity contribution in [2.24, 2.45) is 0 Å². The van der Waals surface area contributed by atoms with Crippen molar-refractivity contribution in [2.75, 3.05) is 0 Å². The third-order valence-electron chi connectivity index (χ3n) is 3.61. The zero-order valence-corrected chi connectivity index (χ0v) is 11.8. The van der Waals surface area contributed by atoms with Gasteiger partial charge in [-0.05, 0) is 27.2 Å². The molecule has 0 bridgehead atoms. The highest BCUT2D eigenvalue weighted by atomic mass is 32.1. The summed E-state index contributed by atoms with van der Waals surface area (Å²) in [6.45, 7) is 8.04. The molecule has 18 heavy (non-hydrogen) atoms. The fourth-order valence-corrected chi connectivity index (χ4v) is 2.91. The van der Waals surface area contributed by atoms with Crippen LogP contribution in [-0.2, 0) is 11.3 Å². The van der Waals surface area contributed by atoms with E-state index in [1.807, 2.05) is 20.8 Å². The Labute approximate surface area is 110 Å². The van der Waals surface area contributed by atoms with Crippen LogP contribution in [0.3, 0.4) is 0 Å². The van der Waals surface area contributed by atoms with E-state index in [2.05, 4.69) is 10.3 Å². The van der Waals surface area contributed by atoms with Crippen LogP contribution in [-0.4, -0.2) is 27.4 Å². The predicted molar refractivity (Wildman–Crippen MR) is 69.4 cm³/mol. The van der Waals surface area contributed by atoms with E-state index >= 15 is 0 Å². The summed E-state index contributed by atoms with van der Waals surface area (Å²) in [5, 5.41) is 3.24. The summed E-state index contributed by atoms with van der Waals surface area (Å²) in [7, 11) is 0. The van der Waals surface area contributed by atoms with Crippen molar-refractivity contribution in [1.29, 1.82) is 0 Å². The quantitative estimate of drug-likeness (QED) is 0.852. The molecular weight excluding hydrogens is 250 g/mol. The first kappa shape index (κ1) is 13.0. The SMILES string of the molecule is CCC1(C)C(=O)NC(=O)N1Cc1nc(C)c(C)s1. The van der Waals surface area contributed by atoms with Crippen molar-refractivity contribution >= 4 is 23.3 Å². The van der Waals surface area contributed by atoms with E-state index in [1.165, 1.54) is 0 Å². The van der Waals surface area contributed by atoms with E-state index in [1.54, 1.807) is 23.2 Å². The van der Waals surface area contributed by atoms with Gasteiger partial charge in [-0.1, -0.05) is 6.92 Å². The van der Waals surface area contributed by atoms with Crippen molar-refractivity contribution in [3.8, 4) is 0 Å². The molecule has 1 unspecified atom stereocenters. The largest absolute Gasteiger partial charge is 0.325 e. The van der Waals surface area contributed by atoms with Crippen molar-refractivity contribution in [3.05, 3.63) is 15.6 Å². The second-order valence-corrected chi connectivity index (χ2v) is 6.01. The van der Waals surface area contributed by atoms with Gasteiger partial charge in [-0.3, -0.25) is 10.1 Å². The van der Waals surface area contributed by atoms with Gasteiger partial charge < -0.3 is 4.90 Å². The molecule has 1 fully saturated rings. The smallest absolute Gasteiger partial charge is 0.303 e. The third kappa shape index (κ3) is 1.90. The maximum Gasteiger partial charge on any atom is 0.325 e. The Hall–Kier alpha value is -1.43. The Morgan fingerprint density at radius 1 is 1.39 bits per heavy atom. The molecule has 3 amide bonds. The normalized spacial score (nSPS) is 23.7. The number of carbonyl (C=O) groups excluding carboxylic acids is 2. The monoisotopic (exact) mass is 267 g/mol. The molecule has 1 atom stereocenters. The van der Waals surface area contributed by atoms with Crippen LogP contribution < -0.4 is 5.32 Å². The van der Waals surface area contributed by atoms with E-state index in [0.717, 1.165) is 15.6 Å². The van der Waals surface area contributed by atoms with Crippen LogP contribution in [0.25, 0.3) is 0 Å². The lowest BCUT2D eigenvalue weighted by Crippen LogP contribution is -2.45. The number of nitrogens with zero attached hydrogens (tertiary/aromatic N) is 2. The van der Waals surface area contributed by atoms with Crippen molar-refractivity contribution < 1.29 is 9.59 Å². The predicted octanol–water partition coefficient (Wildman–Crippen LogP) is 1.98. The Balaban J connectivity index is 2.27. The Morgan fingerprint density at radius 2 is 2.06 bits per heavy atom. The molecule has 0 saturated carbocycles. The standard InChI is InChI=1S/C12H17N3O2S/c1-5-12(4)10(16)14-11(17)15(12)6-9-13-7(2)8(3)18-9/h5-6H2,1-4H3,(H,14,16,17). The van der Waals surface area contributed by atoms with Gasteiger partial charge in [-0.2, -0.15) is 0 Å². The fraction of sp³-hybridized carbons (Fsp3) is 0.583.